The molecule has 0 fully saturated rings. The molecule has 1 atom stereocenters. The first kappa shape index (κ1) is 14.1. The second-order valence-corrected chi connectivity index (χ2v) is 6.88. The molecule has 0 bridgehead atoms. The molecule has 102 valence electrons. The highest BCUT2D eigenvalue weighted by atomic mass is 79.9. The van der Waals surface area contributed by atoms with Gasteiger partial charge in [0.2, 0.25) is 0 Å². The number of benzene rings is 2. The molecule has 0 saturated carbocycles. The smallest absolute Gasteiger partial charge is 0.107 e. The standard InChI is InChI=1S/C16H12BrClOS/c1-9-5-6-11(14(18)7-9)15(19)12-8-20-16-10(12)3-2-4-13(16)17/h2-8,15,19H,1H3. The highest BCUT2D eigenvalue weighted by Gasteiger charge is 2.18. The molecule has 0 saturated heterocycles. The van der Waals surface area contributed by atoms with E-state index in [4.69, 9.17) is 11.6 Å². The van der Waals surface area contributed by atoms with Crippen LogP contribution in [0.4, 0.5) is 0 Å². The van der Waals surface area contributed by atoms with Gasteiger partial charge in [0.1, 0.15) is 6.10 Å². The van der Waals surface area contributed by atoms with Crippen LogP contribution in [-0.4, -0.2) is 5.11 Å². The topological polar surface area (TPSA) is 20.2 Å². The zero-order chi connectivity index (χ0) is 14.3. The zero-order valence-electron chi connectivity index (χ0n) is 10.7. The molecular weight excluding hydrogens is 356 g/mol. The Morgan fingerprint density at radius 2 is 2.00 bits per heavy atom. The SMILES string of the molecule is Cc1ccc(C(O)c2csc3c(Br)cccc23)c(Cl)c1. The van der Waals surface area contributed by atoms with Gasteiger partial charge in [-0.05, 0) is 51.3 Å². The van der Waals surface area contributed by atoms with Crippen LogP contribution in [0.3, 0.4) is 0 Å². The van der Waals surface area contributed by atoms with E-state index < -0.39 is 6.10 Å². The minimum absolute atomic E-state index is 0.604. The highest BCUT2D eigenvalue weighted by Crippen LogP contribution is 2.38. The van der Waals surface area contributed by atoms with E-state index >= 15 is 0 Å². The molecule has 1 aromatic heterocycles. The quantitative estimate of drug-likeness (QED) is 0.615. The van der Waals surface area contributed by atoms with Gasteiger partial charge < -0.3 is 5.11 Å². The molecule has 0 radical (unpaired) electrons. The van der Waals surface area contributed by atoms with Gasteiger partial charge in [0.05, 0.1) is 0 Å². The van der Waals surface area contributed by atoms with Gasteiger partial charge in [0.15, 0.2) is 0 Å². The summed E-state index contributed by atoms with van der Waals surface area (Å²) in [5.41, 5.74) is 2.73. The van der Waals surface area contributed by atoms with Crippen molar-refractivity contribution in [2.75, 3.05) is 0 Å². The third kappa shape index (κ3) is 2.40. The summed E-state index contributed by atoms with van der Waals surface area (Å²) in [5.74, 6) is 0. The maximum absolute atomic E-state index is 10.6. The number of rotatable bonds is 2. The lowest BCUT2D eigenvalue weighted by molar-refractivity contribution is 0.222. The molecule has 0 aliphatic heterocycles. The van der Waals surface area contributed by atoms with Crippen LogP contribution in [0, 0.1) is 6.92 Å². The molecule has 1 heterocycles. The Morgan fingerprint density at radius 3 is 2.75 bits per heavy atom. The minimum atomic E-state index is -0.703. The molecule has 2 aromatic carbocycles. The van der Waals surface area contributed by atoms with Gasteiger partial charge in [0, 0.05) is 25.3 Å². The van der Waals surface area contributed by atoms with Crippen LogP contribution in [-0.2, 0) is 0 Å². The van der Waals surface area contributed by atoms with Crippen molar-refractivity contribution in [3.05, 3.63) is 68.0 Å². The number of halogens is 2. The van der Waals surface area contributed by atoms with Gasteiger partial charge in [-0.1, -0.05) is 35.9 Å². The van der Waals surface area contributed by atoms with Gasteiger partial charge in [-0.3, -0.25) is 0 Å². The predicted octanol–water partition coefficient (Wildman–Crippen LogP) is 5.71. The second kappa shape index (κ2) is 5.49. The fraction of sp³-hybridized carbons (Fsp3) is 0.125. The zero-order valence-corrected chi connectivity index (χ0v) is 13.9. The normalized spacial score (nSPS) is 12.8. The van der Waals surface area contributed by atoms with Crippen LogP contribution < -0.4 is 0 Å². The summed E-state index contributed by atoms with van der Waals surface area (Å²) in [6, 6.07) is 11.8. The van der Waals surface area contributed by atoms with E-state index in [2.05, 4.69) is 15.9 Å². The maximum atomic E-state index is 10.6. The van der Waals surface area contributed by atoms with E-state index in [-0.39, 0.29) is 0 Å². The van der Waals surface area contributed by atoms with Gasteiger partial charge in [-0.15, -0.1) is 11.3 Å². The van der Waals surface area contributed by atoms with Crippen LogP contribution in [0.25, 0.3) is 10.1 Å². The Balaban J connectivity index is 2.13. The largest absolute Gasteiger partial charge is 0.384 e. The van der Waals surface area contributed by atoms with Gasteiger partial charge >= 0.3 is 0 Å². The number of fused-ring (bicyclic) bond motifs is 1. The molecule has 0 aliphatic carbocycles. The molecule has 4 heteroatoms. The number of thiophene rings is 1. The summed E-state index contributed by atoms with van der Waals surface area (Å²) in [6.45, 7) is 1.99. The molecule has 3 rings (SSSR count). The summed E-state index contributed by atoms with van der Waals surface area (Å²) >= 11 is 11.4. The van der Waals surface area contributed by atoms with Crippen molar-refractivity contribution in [2.24, 2.45) is 0 Å². The van der Waals surface area contributed by atoms with Crippen molar-refractivity contribution >= 4 is 49.0 Å². The average Bonchev–Trinajstić information content (AvgIpc) is 2.83. The summed E-state index contributed by atoms with van der Waals surface area (Å²) < 4.78 is 2.19. The number of hydrogen-bond donors (Lipinski definition) is 1. The highest BCUT2D eigenvalue weighted by molar-refractivity contribution is 9.10. The van der Waals surface area contributed by atoms with Gasteiger partial charge in [-0.2, -0.15) is 0 Å². The first-order valence-electron chi connectivity index (χ1n) is 6.17. The molecule has 20 heavy (non-hydrogen) atoms. The van der Waals surface area contributed by atoms with Crippen LogP contribution >= 0.6 is 38.9 Å². The molecule has 1 unspecified atom stereocenters. The lowest BCUT2D eigenvalue weighted by Gasteiger charge is -2.13. The third-order valence-corrected chi connectivity index (χ3v) is 5.62. The Morgan fingerprint density at radius 1 is 1.20 bits per heavy atom. The first-order chi connectivity index (χ1) is 9.58. The lowest BCUT2D eigenvalue weighted by atomic mass is 10.00. The Bertz CT molecular complexity index is 781. The summed E-state index contributed by atoms with van der Waals surface area (Å²) in [6.07, 6.45) is -0.703. The van der Waals surface area contributed by atoms with Crippen molar-refractivity contribution < 1.29 is 5.11 Å². The lowest BCUT2D eigenvalue weighted by Crippen LogP contribution is -1.99. The number of hydrogen-bond acceptors (Lipinski definition) is 2. The fourth-order valence-electron chi connectivity index (χ4n) is 2.28. The Hall–Kier alpha value is -0.870. The summed E-state index contributed by atoms with van der Waals surface area (Å²) in [4.78, 5) is 0. The van der Waals surface area contributed by atoms with Gasteiger partial charge in [-0.25, -0.2) is 0 Å². The van der Waals surface area contributed by atoms with Crippen molar-refractivity contribution in [2.45, 2.75) is 13.0 Å². The van der Waals surface area contributed by atoms with E-state index in [9.17, 15) is 5.11 Å². The molecule has 1 nitrogen and oxygen atoms in total. The van der Waals surface area contributed by atoms with Crippen LogP contribution in [0.2, 0.25) is 5.02 Å². The number of aryl methyl sites for hydroxylation is 1. The maximum Gasteiger partial charge on any atom is 0.107 e. The van der Waals surface area contributed by atoms with Crippen molar-refractivity contribution in [1.82, 2.24) is 0 Å². The number of aliphatic hydroxyl groups excluding tert-OH is 1. The van der Waals surface area contributed by atoms with Crippen LogP contribution in [0.15, 0.2) is 46.3 Å². The molecular formula is C16H12BrClOS. The molecule has 0 aliphatic rings. The Kier molecular flexibility index (Phi) is 3.87. The first-order valence-corrected chi connectivity index (χ1v) is 8.22. The average molecular weight is 368 g/mol. The molecule has 1 N–H and O–H groups in total. The molecule has 0 amide bonds. The van der Waals surface area contributed by atoms with E-state index in [0.29, 0.717) is 5.02 Å². The second-order valence-electron chi connectivity index (χ2n) is 4.74. The van der Waals surface area contributed by atoms with Crippen LogP contribution in [0.5, 0.6) is 0 Å². The van der Waals surface area contributed by atoms with E-state index in [1.54, 1.807) is 11.3 Å². The summed E-state index contributed by atoms with van der Waals surface area (Å²) in [5, 5.41) is 14.3. The van der Waals surface area contributed by atoms with Crippen LogP contribution in [0.1, 0.15) is 22.8 Å². The minimum Gasteiger partial charge on any atom is -0.384 e. The molecule has 3 aromatic rings. The monoisotopic (exact) mass is 366 g/mol. The van der Waals surface area contributed by atoms with Crippen molar-refractivity contribution in [3.8, 4) is 0 Å². The van der Waals surface area contributed by atoms with E-state index in [0.717, 1.165) is 31.2 Å². The van der Waals surface area contributed by atoms with Crippen molar-refractivity contribution in [3.63, 3.8) is 0 Å². The molecule has 0 spiro atoms. The number of aliphatic hydroxyl groups is 1. The van der Waals surface area contributed by atoms with E-state index in [1.165, 1.54) is 0 Å². The summed E-state index contributed by atoms with van der Waals surface area (Å²) in [7, 11) is 0. The van der Waals surface area contributed by atoms with Crippen molar-refractivity contribution in [1.29, 1.82) is 0 Å². The third-order valence-electron chi connectivity index (χ3n) is 3.33. The Labute approximate surface area is 135 Å². The van der Waals surface area contributed by atoms with Gasteiger partial charge in [0.25, 0.3) is 0 Å². The fourth-order valence-corrected chi connectivity index (χ4v) is 4.25. The predicted molar refractivity (Wildman–Crippen MR) is 89.8 cm³/mol. The van der Waals surface area contributed by atoms with E-state index in [1.807, 2.05) is 48.7 Å².